The molecule has 0 aromatic rings. The Balaban J connectivity index is 1.89. The zero-order chi connectivity index (χ0) is 12.3. The van der Waals surface area contributed by atoms with Crippen molar-refractivity contribution in [1.82, 2.24) is 5.32 Å². The number of ether oxygens (including phenoxy) is 1. The number of amides is 1. The lowest BCUT2D eigenvalue weighted by atomic mass is 9.43. The number of carbonyl (C=O) groups is 1. The van der Waals surface area contributed by atoms with Crippen LogP contribution in [-0.4, -0.2) is 18.7 Å². The Morgan fingerprint density at radius 1 is 1.12 bits per heavy atom. The van der Waals surface area contributed by atoms with E-state index in [1.54, 1.807) is 7.05 Å². The standard InChI is InChI=1S/C14H23NO2/c1-12-4-10-5-13(2,7-12)9-14(6-10,8-12)17-11(16)15-3/h10H,4-9H2,1-3H3,(H,15,16). The summed E-state index contributed by atoms with van der Waals surface area (Å²) in [5.74, 6) is 0.769. The molecule has 4 fully saturated rings. The highest BCUT2D eigenvalue weighted by molar-refractivity contribution is 5.67. The number of hydrogen-bond donors (Lipinski definition) is 1. The van der Waals surface area contributed by atoms with Crippen LogP contribution in [0.5, 0.6) is 0 Å². The second-order valence-corrected chi connectivity index (χ2v) is 7.45. The molecule has 1 amide bonds. The molecule has 96 valence electrons. The second kappa shape index (κ2) is 3.18. The minimum atomic E-state index is -0.251. The molecule has 0 aromatic heterocycles. The smallest absolute Gasteiger partial charge is 0.407 e. The molecule has 2 atom stereocenters. The molecule has 17 heavy (non-hydrogen) atoms. The summed E-state index contributed by atoms with van der Waals surface area (Å²) >= 11 is 0. The quantitative estimate of drug-likeness (QED) is 0.761. The fourth-order valence-electron chi connectivity index (χ4n) is 5.70. The molecule has 0 aromatic carbocycles. The Kier molecular flexibility index (Phi) is 2.13. The van der Waals surface area contributed by atoms with Crippen LogP contribution in [0.15, 0.2) is 0 Å². The van der Waals surface area contributed by atoms with E-state index in [0.29, 0.717) is 10.8 Å². The van der Waals surface area contributed by atoms with Crippen LogP contribution in [0.4, 0.5) is 4.79 Å². The van der Waals surface area contributed by atoms with Gasteiger partial charge in [-0.1, -0.05) is 13.8 Å². The van der Waals surface area contributed by atoms with Crippen LogP contribution in [-0.2, 0) is 4.74 Å². The number of hydrogen-bond acceptors (Lipinski definition) is 2. The van der Waals surface area contributed by atoms with Crippen molar-refractivity contribution in [2.45, 2.75) is 58.0 Å². The summed E-state index contributed by atoms with van der Waals surface area (Å²) in [4.78, 5) is 11.6. The van der Waals surface area contributed by atoms with E-state index in [0.717, 1.165) is 25.2 Å². The van der Waals surface area contributed by atoms with Crippen molar-refractivity contribution in [1.29, 1.82) is 0 Å². The molecule has 4 aliphatic rings. The summed E-state index contributed by atoms with van der Waals surface area (Å²) in [7, 11) is 1.65. The summed E-state index contributed by atoms with van der Waals surface area (Å²) < 4.78 is 5.78. The van der Waals surface area contributed by atoms with Crippen LogP contribution in [0.25, 0.3) is 0 Å². The van der Waals surface area contributed by atoms with E-state index in [4.69, 9.17) is 4.74 Å². The molecule has 0 heterocycles. The molecule has 3 heteroatoms. The zero-order valence-electron chi connectivity index (χ0n) is 11.1. The number of nitrogens with one attached hydrogen (secondary N) is 1. The highest BCUT2D eigenvalue weighted by Crippen LogP contribution is 2.67. The van der Waals surface area contributed by atoms with Crippen molar-refractivity contribution in [3.05, 3.63) is 0 Å². The highest BCUT2D eigenvalue weighted by Gasteiger charge is 2.61. The summed E-state index contributed by atoms with van der Waals surface area (Å²) in [5, 5.41) is 2.60. The third-order valence-electron chi connectivity index (χ3n) is 5.09. The molecule has 3 nitrogen and oxygen atoms in total. The van der Waals surface area contributed by atoms with E-state index >= 15 is 0 Å². The van der Waals surface area contributed by atoms with Gasteiger partial charge in [0.2, 0.25) is 0 Å². The molecule has 1 N–H and O–H groups in total. The van der Waals surface area contributed by atoms with Gasteiger partial charge in [-0.3, -0.25) is 0 Å². The van der Waals surface area contributed by atoms with Gasteiger partial charge >= 0.3 is 6.09 Å². The van der Waals surface area contributed by atoms with Gasteiger partial charge < -0.3 is 10.1 Å². The number of alkyl carbamates (subject to hydrolysis) is 1. The first-order chi connectivity index (χ1) is 7.86. The van der Waals surface area contributed by atoms with Gasteiger partial charge in [0.25, 0.3) is 0 Å². The Morgan fingerprint density at radius 3 is 2.18 bits per heavy atom. The Labute approximate surface area is 103 Å². The van der Waals surface area contributed by atoms with Crippen LogP contribution < -0.4 is 5.32 Å². The predicted octanol–water partition coefficient (Wildman–Crippen LogP) is 3.09. The van der Waals surface area contributed by atoms with Crippen molar-refractivity contribution in [3.8, 4) is 0 Å². The largest absolute Gasteiger partial charge is 0.443 e. The minimum Gasteiger partial charge on any atom is -0.443 e. The monoisotopic (exact) mass is 237 g/mol. The van der Waals surface area contributed by atoms with Crippen LogP contribution in [0.3, 0.4) is 0 Å². The van der Waals surface area contributed by atoms with E-state index in [9.17, 15) is 4.79 Å². The Morgan fingerprint density at radius 2 is 1.71 bits per heavy atom. The van der Waals surface area contributed by atoms with Gasteiger partial charge in [0, 0.05) is 7.05 Å². The SMILES string of the molecule is CNC(=O)OC12CC3CC(C)(CC(C)(C3)C1)C2. The molecule has 0 spiro atoms. The van der Waals surface area contributed by atoms with Gasteiger partial charge in [0.05, 0.1) is 0 Å². The van der Waals surface area contributed by atoms with Gasteiger partial charge in [0.15, 0.2) is 0 Å². The Hall–Kier alpha value is -0.730. The lowest BCUT2D eigenvalue weighted by molar-refractivity contribution is -0.188. The summed E-state index contributed by atoms with van der Waals surface area (Å²) in [6.45, 7) is 4.77. The minimum absolute atomic E-state index is 0.164. The van der Waals surface area contributed by atoms with Crippen LogP contribution in [0.2, 0.25) is 0 Å². The Bertz CT molecular complexity index is 347. The van der Waals surface area contributed by atoms with E-state index in [1.165, 1.54) is 19.3 Å². The molecule has 0 radical (unpaired) electrons. The number of rotatable bonds is 1. The molecule has 2 unspecified atom stereocenters. The van der Waals surface area contributed by atoms with E-state index in [2.05, 4.69) is 19.2 Å². The summed E-state index contributed by atoms with van der Waals surface area (Å²) in [5.41, 5.74) is 0.646. The normalized spacial score (nSPS) is 51.4. The van der Waals surface area contributed by atoms with Crippen molar-refractivity contribution >= 4 is 6.09 Å². The lowest BCUT2D eigenvalue weighted by Gasteiger charge is -2.64. The average Bonchev–Trinajstić information content (AvgIpc) is 2.10. The first-order valence-electron chi connectivity index (χ1n) is 6.77. The molecule has 4 aliphatic carbocycles. The van der Waals surface area contributed by atoms with Crippen molar-refractivity contribution in [3.63, 3.8) is 0 Å². The first-order valence-corrected chi connectivity index (χ1v) is 6.77. The summed E-state index contributed by atoms with van der Waals surface area (Å²) in [6, 6.07) is 0. The van der Waals surface area contributed by atoms with Gasteiger partial charge in [0.1, 0.15) is 5.60 Å². The van der Waals surface area contributed by atoms with Crippen molar-refractivity contribution in [2.75, 3.05) is 7.05 Å². The van der Waals surface area contributed by atoms with Crippen LogP contribution in [0.1, 0.15) is 52.4 Å². The maximum absolute atomic E-state index is 11.6. The second-order valence-electron chi connectivity index (χ2n) is 7.45. The van der Waals surface area contributed by atoms with Crippen LogP contribution >= 0.6 is 0 Å². The molecule has 4 rings (SSSR count). The van der Waals surface area contributed by atoms with Gasteiger partial charge in [-0.15, -0.1) is 0 Å². The highest BCUT2D eigenvalue weighted by atomic mass is 16.6. The summed E-state index contributed by atoms with van der Waals surface area (Å²) in [6.07, 6.45) is 6.96. The maximum Gasteiger partial charge on any atom is 0.407 e. The third kappa shape index (κ3) is 1.74. The molecule has 4 saturated carbocycles. The molecule has 0 saturated heterocycles. The van der Waals surface area contributed by atoms with Crippen molar-refractivity contribution < 1.29 is 9.53 Å². The molecule has 4 bridgehead atoms. The van der Waals surface area contributed by atoms with E-state index < -0.39 is 0 Å². The fourth-order valence-corrected chi connectivity index (χ4v) is 5.70. The maximum atomic E-state index is 11.6. The molecule has 0 aliphatic heterocycles. The molecular weight excluding hydrogens is 214 g/mol. The van der Waals surface area contributed by atoms with E-state index in [1.807, 2.05) is 0 Å². The van der Waals surface area contributed by atoms with Crippen LogP contribution in [0, 0.1) is 16.7 Å². The fraction of sp³-hybridized carbons (Fsp3) is 0.929. The van der Waals surface area contributed by atoms with Gasteiger partial charge in [-0.25, -0.2) is 4.79 Å². The average molecular weight is 237 g/mol. The predicted molar refractivity (Wildman–Crippen MR) is 65.7 cm³/mol. The van der Waals surface area contributed by atoms with Gasteiger partial charge in [-0.05, 0) is 55.3 Å². The lowest BCUT2D eigenvalue weighted by Crippen LogP contribution is -2.60. The zero-order valence-corrected chi connectivity index (χ0v) is 11.1. The van der Waals surface area contributed by atoms with E-state index in [-0.39, 0.29) is 11.7 Å². The topological polar surface area (TPSA) is 38.3 Å². The number of carbonyl (C=O) groups excluding carboxylic acids is 1. The van der Waals surface area contributed by atoms with Gasteiger partial charge in [-0.2, -0.15) is 0 Å². The molecular formula is C14H23NO2. The third-order valence-corrected chi connectivity index (χ3v) is 5.09. The van der Waals surface area contributed by atoms with Crippen molar-refractivity contribution in [2.24, 2.45) is 16.7 Å². The first kappa shape index (κ1) is 11.4.